The molecule has 1 saturated carbocycles. The Morgan fingerprint density at radius 1 is 1.30 bits per heavy atom. The van der Waals surface area contributed by atoms with Crippen molar-refractivity contribution in [1.29, 1.82) is 0 Å². The Hall–Kier alpha value is -2.28. The first-order valence-corrected chi connectivity index (χ1v) is 8.90. The van der Waals surface area contributed by atoms with Crippen LogP contribution in [0.25, 0.3) is 0 Å². The topological polar surface area (TPSA) is 105 Å². The van der Waals surface area contributed by atoms with Gasteiger partial charge in [0.05, 0.1) is 11.4 Å². The zero-order valence-electron chi connectivity index (χ0n) is 15.9. The summed E-state index contributed by atoms with van der Waals surface area (Å²) < 4.78 is 0. The molecule has 3 rings (SSSR count). The standard InChI is InChI=1S/C19H26N4O3.ClH/c1-12-8-18(2,3)11-19(9-12)16(25)23(17(26)22-19)10-15(24)21-14-7-5-4-6-13(14)20;/h4-7,12H,8-11,20H2,1-3H3,(H,21,24)(H,22,26);1H. The smallest absolute Gasteiger partial charge is 0.325 e. The molecule has 2 fully saturated rings. The van der Waals surface area contributed by atoms with Gasteiger partial charge in [-0.3, -0.25) is 14.5 Å². The van der Waals surface area contributed by atoms with E-state index in [-0.39, 0.29) is 30.3 Å². The van der Waals surface area contributed by atoms with Crippen LogP contribution in [-0.2, 0) is 9.59 Å². The van der Waals surface area contributed by atoms with Gasteiger partial charge < -0.3 is 16.4 Å². The van der Waals surface area contributed by atoms with Crippen LogP contribution in [0.2, 0.25) is 0 Å². The first-order valence-electron chi connectivity index (χ1n) is 8.90. The van der Waals surface area contributed by atoms with Gasteiger partial charge in [0.1, 0.15) is 12.1 Å². The highest BCUT2D eigenvalue weighted by Gasteiger charge is 2.56. The first kappa shape index (κ1) is 21.0. The molecule has 1 aliphatic carbocycles. The number of hydrogen-bond acceptors (Lipinski definition) is 4. The van der Waals surface area contributed by atoms with Crippen LogP contribution in [0.15, 0.2) is 24.3 Å². The van der Waals surface area contributed by atoms with Gasteiger partial charge in [0, 0.05) is 0 Å². The molecule has 4 N–H and O–H groups in total. The van der Waals surface area contributed by atoms with Crippen LogP contribution in [0.5, 0.6) is 0 Å². The molecule has 2 atom stereocenters. The summed E-state index contributed by atoms with van der Waals surface area (Å²) in [5, 5.41) is 5.53. The monoisotopic (exact) mass is 394 g/mol. The highest BCUT2D eigenvalue weighted by Crippen LogP contribution is 2.46. The fraction of sp³-hybridized carbons (Fsp3) is 0.526. The van der Waals surface area contributed by atoms with E-state index in [0.717, 1.165) is 11.3 Å². The summed E-state index contributed by atoms with van der Waals surface area (Å²) in [6.07, 6.45) is 2.19. The van der Waals surface area contributed by atoms with E-state index in [0.29, 0.717) is 30.1 Å². The number of benzene rings is 1. The summed E-state index contributed by atoms with van der Waals surface area (Å²) in [5.41, 5.74) is 5.76. The molecule has 4 amide bonds. The average molecular weight is 395 g/mol. The molecule has 1 aliphatic heterocycles. The van der Waals surface area contributed by atoms with E-state index in [2.05, 4.69) is 31.4 Å². The molecular weight excluding hydrogens is 368 g/mol. The van der Waals surface area contributed by atoms with Crippen molar-refractivity contribution in [3.05, 3.63) is 24.3 Å². The van der Waals surface area contributed by atoms with Crippen LogP contribution in [0.4, 0.5) is 16.2 Å². The molecule has 0 bridgehead atoms. The maximum Gasteiger partial charge on any atom is 0.325 e. The van der Waals surface area contributed by atoms with Crippen molar-refractivity contribution in [3.8, 4) is 0 Å². The summed E-state index contributed by atoms with van der Waals surface area (Å²) in [5.74, 6) is -0.439. The Bertz CT molecular complexity index is 767. The minimum atomic E-state index is -0.899. The molecule has 1 aromatic carbocycles. The van der Waals surface area contributed by atoms with Gasteiger partial charge in [-0.2, -0.15) is 0 Å². The Labute approximate surface area is 165 Å². The molecule has 8 heteroatoms. The molecule has 1 saturated heterocycles. The number of halogens is 1. The maximum atomic E-state index is 13.0. The van der Waals surface area contributed by atoms with Crippen molar-refractivity contribution in [2.24, 2.45) is 11.3 Å². The average Bonchev–Trinajstić information content (AvgIpc) is 2.71. The van der Waals surface area contributed by atoms with Gasteiger partial charge in [-0.15, -0.1) is 12.4 Å². The van der Waals surface area contributed by atoms with Gasteiger partial charge in [-0.05, 0) is 42.7 Å². The summed E-state index contributed by atoms with van der Waals surface area (Å²) in [7, 11) is 0. The SMILES string of the molecule is CC1CC(C)(C)CC2(C1)NC(=O)N(CC(=O)Nc1ccccc1N)C2=O.Cl. The molecule has 1 heterocycles. The number of rotatable bonds is 3. The van der Waals surface area contributed by atoms with Crippen LogP contribution in [0.3, 0.4) is 0 Å². The zero-order valence-corrected chi connectivity index (χ0v) is 16.7. The summed E-state index contributed by atoms with van der Waals surface area (Å²) in [6.45, 7) is 5.99. The molecule has 148 valence electrons. The van der Waals surface area contributed by atoms with Crippen LogP contribution in [0, 0.1) is 11.3 Å². The lowest BCUT2D eigenvalue weighted by Gasteiger charge is -2.43. The number of anilines is 2. The van der Waals surface area contributed by atoms with Crippen molar-refractivity contribution < 1.29 is 14.4 Å². The molecule has 0 radical (unpaired) electrons. The number of para-hydroxylation sites is 2. The van der Waals surface area contributed by atoms with Crippen molar-refractivity contribution in [2.45, 2.75) is 45.6 Å². The van der Waals surface area contributed by atoms with Crippen molar-refractivity contribution in [3.63, 3.8) is 0 Å². The third-order valence-corrected chi connectivity index (χ3v) is 5.16. The van der Waals surface area contributed by atoms with Crippen LogP contribution in [0.1, 0.15) is 40.0 Å². The second-order valence-electron chi connectivity index (χ2n) is 8.39. The van der Waals surface area contributed by atoms with Crippen molar-refractivity contribution >= 4 is 41.6 Å². The third kappa shape index (κ3) is 4.18. The lowest BCUT2D eigenvalue weighted by molar-refractivity contribution is -0.136. The van der Waals surface area contributed by atoms with Gasteiger partial charge in [-0.25, -0.2) is 4.79 Å². The molecule has 0 aromatic heterocycles. The molecule has 1 spiro atoms. The number of hydrogen-bond donors (Lipinski definition) is 3. The van der Waals surface area contributed by atoms with E-state index < -0.39 is 17.5 Å². The van der Waals surface area contributed by atoms with Crippen molar-refractivity contribution in [1.82, 2.24) is 10.2 Å². The Balaban J connectivity index is 0.00000261. The number of carbonyl (C=O) groups excluding carboxylic acids is 3. The second kappa shape index (κ2) is 7.38. The Kier molecular flexibility index (Phi) is 5.75. The number of carbonyl (C=O) groups is 3. The normalized spacial score (nSPS) is 26.5. The first-order chi connectivity index (χ1) is 12.1. The summed E-state index contributed by atoms with van der Waals surface area (Å²) in [4.78, 5) is 38.8. The van der Waals surface area contributed by atoms with E-state index in [9.17, 15) is 14.4 Å². The number of nitrogens with one attached hydrogen (secondary N) is 2. The third-order valence-electron chi connectivity index (χ3n) is 5.16. The number of nitrogen functional groups attached to an aromatic ring is 1. The van der Waals surface area contributed by atoms with Gasteiger partial charge in [0.2, 0.25) is 5.91 Å². The molecule has 7 nitrogen and oxygen atoms in total. The molecule has 2 aliphatic rings. The van der Waals surface area contributed by atoms with Crippen LogP contribution >= 0.6 is 12.4 Å². The summed E-state index contributed by atoms with van der Waals surface area (Å²) >= 11 is 0. The molecular formula is C19H27ClN4O3. The Morgan fingerprint density at radius 3 is 2.59 bits per heavy atom. The molecule has 2 unspecified atom stereocenters. The second-order valence-corrected chi connectivity index (χ2v) is 8.39. The van der Waals surface area contributed by atoms with E-state index in [1.807, 2.05) is 0 Å². The minimum absolute atomic E-state index is 0. The highest BCUT2D eigenvalue weighted by molar-refractivity contribution is 6.10. The summed E-state index contributed by atoms with van der Waals surface area (Å²) in [6, 6.07) is 6.35. The fourth-order valence-corrected chi connectivity index (χ4v) is 4.59. The highest BCUT2D eigenvalue weighted by atomic mass is 35.5. The predicted octanol–water partition coefficient (Wildman–Crippen LogP) is 2.77. The quantitative estimate of drug-likeness (QED) is 0.541. The van der Waals surface area contributed by atoms with Crippen LogP contribution < -0.4 is 16.4 Å². The maximum absolute atomic E-state index is 13.0. The lowest BCUT2D eigenvalue weighted by atomic mass is 9.64. The molecule has 1 aromatic rings. The number of urea groups is 1. The largest absolute Gasteiger partial charge is 0.397 e. The fourth-order valence-electron chi connectivity index (χ4n) is 4.59. The lowest BCUT2D eigenvalue weighted by Crippen LogP contribution is -2.54. The Morgan fingerprint density at radius 2 is 1.96 bits per heavy atom. The number of imide groups is 1. The number of nitrogens with two attached hydrogens (primary N) is 1. The number of nitrogens with zero attached hydrogens (tertiary/aromatic N) is 1. The van der Waals surface area contributed by atoms with E-state index >= 15 is 0 Å². The minimum Gasteiger partial charge on any atom is -0.397 e. The van der Waals surface area contributed by atoms with Gasteiger partial charge in [0.25, 0.3) is 5.91 Å². The van der Waals surface area contributed by atoms with Gasteiger partial charge in [0.15, 0.2) is 0 Å². The van der Waals surface area contributed by atoms with Crippen LogP contribution in [-0.4, -0.2) is 34.8 Å². The van der Waals surface area contributed by atoms with Crippen molar-refractivity contribution in [2.75, 3.05) is 17.6 Å². The van der Waals surface area contributed by atoms with E-state index in [1.165, 1.54) is 0 Å². The van der Waals surface area contributed by atoms with Gasteiger partial charge in [-0.1, -0.05) is 32.9 Å². The zero-order chi connectivity index (χ0) is 19.1. The number of amides is 4. The van der Waals surface area contributed by atoms with E-state index in [1.54, 1.807) is 24.3 Å². The molecule has 27 heavy (non-hydrogen) atoms. The van der Waals surface area contributed by atoms with E-state index in [4.69, 9.17) is 5.73 Å². The predicted molar refractivity (Wildman–Crippen MR) is 107 cm³/mol. The van der Waals surface area contributed by atoms with Gasteiger partial charge >= 0.3 is 6.03 Å².